The van der Waals surface area contributed by atoms with Crippen molar-refractivity contribution in [2.24, 2.45) is 23.2 Å². The number of halogens is 1. The molecule has 10 rings (SSSR count). The third kappa shape index (κ3) is 2.37. The summed E-state index contributed by atoms with van der Waals surface area (Å²) in [6, 6.07) is 5.49. The summed E-state index contributed by atoms with van der Waals surface area (Å²) >= 11 is 6.15. The highest BCUT2D eigenvalue weighted by atomic mass is 35.5. The Morgan fingerprint density at radius 3 is 3.03 bits per heavy atom. The molecular formula is C22H20ClN7O2. The minimum atomic E-state index is -0.702. The molecule has 4 aromatic rings. The fourth-order valence-corrected chi connectivity index (χ4v) is 6.80. The average molecular weight is 450 g/mol. The SMILES string of the molecule is O=C(O)[C@@H]1[C@@H](Nc2nc(-c3[nH]nc4ncc(Cl)cc34)nn3cccc23)[C@@H]2CCC13CC2C3. The van der Waals surface area contributed by atoms with Crippen LogP contribution >= 0.6 is 11.6 Å². The summed E-state index contributed by atoms with van der Waals surface area (Å²) in [6.45, 7) is 0. The zero-order chi connectivity index (χ0) is 21.6. The number of H-pyrrole nitrogens is 1. The lowest BCUT2D eigenvalue weighted by Crippen LogP contribution is -2.67. The van der Waals surface area contributed by atoms with Gasteiger partial charge in [-0.15, -0.1) is 5.10 Å². The fourth-order valence-electron chi connectivity index (χ4n) is 6.65. The van der Waals surface area contributed by atoms with Gasteiger partial charge >= 0.3 is 5.97 Å². The maximum atomic E-state index is 12.3. The highest BCUT2D eigenvalue weighted by molar-refractivity contribution is 6.31. The summed E-state index contributed by atoms with van der Waals surface area (Å²) in [6.07, 6.45) is 7.61. The van der Waals surface area contributed by atoms with Crippen LogP contribution in [0.5, 0.6) is 0 Å². The maximum absolute atomic E-state index is 12.3. The van der Waals surface area contributed by atoms with E-state index < -0.39 is 11.9 Å². The van der Waals surface area contributed by atoms with Crippen LogP contribution < -0.4 is 5.32 Å². The highest BCUT2D eigenvalue weighted by Crippen LogP contribution is 2.69. The highest BCUT2D eigenvalue weighted by Gasteiger charge is 2.67. The number of pyridine rings is 1. The third-order valence-corrected chi connectivity index (χ3v) is 8.17. The molecule has 0 radical (unpaired) electrons. The zero-order valence-electron chi connectivity index (χ0n) is 17.0. The Hall–Kier alpha value is -3.20. The van der Waals surface area contributed by atoms with E-state index in [2.05, 4.69) is 25.6 Å². The maximum Gasteiger partial charge on any atom is 0.309 e. The number of rotatable bonds is 4. The molecule has 6 fully saturated rings. The van der Waals surface area contributed by atoms with Crippen LogP contribution in [0.15, 0.2) is 30.6 Å². The molecule has 0 saturated heterocycles. The van der Waals surface area contributed by atoms with Crippen molar-refractivity contribution < 1.29 is 9.90 Å². The Bertz CT molecular complexity index is 1400. The van der Waals surface area contributed by atoms with Crippen molar-refractivity contribution in [3.8, 4) is 11.5 Å². The van der Waals surface area contributed by atoms with E-state index in [1.807, 2.05) is 18.3 Å². The van der Waals surface area contributed by atoms with E-state index in [0.29, 0.717) is 39.8 Å². The molecule has 4 aromatic heterocycles. The number of aromatic nitrogens is 6. The number of aromatic amines is 1. The zero-order valence-corrected chi connectivity index (χ0v) is 17.8. The van der Waals surface area contributed by atoms with Crippen LogP contribution in [0.3, 0.4) is 0 Å². The monoisotopic (exact) mass is 449 g/mol. The van der Waals surface area contributed by atoms with Crippen LogP contribution in [0.25, 0.3) is 28.1 Å². The summed E-state index contributed by atoms with van der Waals surface area (Å²) in [4.78, 5) is 21.4. The van der Waals surface area contributed by atoms with Crippen LogP contribution in [0.1, 0.15) is 25.7 Å². The van der Waals surface area contributed by atoms with E-state index in [4.69, 9.17) is 16.6 Å². The van der Waals surface area contributed by atoms with Crippen LogP contribution in [-0.4, -0.2) is 46.9 Å². The first-order valence-electron chi connectivity index (χ1n) is 10.9. The Morgan fingerprint density at radius 1 is 1.38 bits per heavy atom. The number of nitrogens with zero attached hydrogens (tertiary/aromatic N) is 5. The number of fused-ring (bicyclic) bond motifs is 2. The first-order valence-corrected chi connectivity index (χ1v) is 11.2. The lowest BCUT2D eigenvalue weighted by Gasteiger charge is -2.67. The molecule has 9 nitrogen and oxygen atoms in total. The van der Waals surface area contributed by atoms with Gasteiger partial charge in [-0.3, -0.25) is 9.89 Å². The number of nitrogens with one attached hydrogen (secondary N) is 2. The predicted molar refractivity (Wildman–Crippen MR) is 117 cm³/mol. The molecule has 6 aliphatic carbocycles. The van der Waals surface area contributed by atoms with E-state index in [1.54, 1.807) is 16.8 Å². The summed E-state index contributed by atoms with van der Waals surface area (Å²) < 4.78 is 1.76. The Labute approximate surface area is 187 Å². The average Bonchev–Trinajstić information content (AvgIpc) is 3.39. The lowest BCUT2D eigenvalue weighted by molar-refractivity contribution is -0.189. The van der Waals surface area contributed by atoms with Gasteiger partial charge in [0.05, 0.1) is 16.3 Å². The van der Waals surface area contributed by atoms with Gasteiger partial charge in [0.15, 0.2) is 11.5 Å². The van der Waals surface area contributed by atoms with Gasteiger partial charge < -0.3 is 10.4 Å². The van der Waals surface area contributed by atoms with E-state index >= 15 is 0 Å². The number of aliphatic carboxylic acids is 1. The quantitative estimate of drug-likeness (QED) is 0.435. The Kier molecular flexibility index (Phi) is 3.55. The molecule has 0 aliphatic heterocycles. The molecule has 0 amide bonds. The normalized spacial score (nSPS) is 30.5. The van der Waals surface area contributed by atoms with Crippen molar-refractivity contribution in [2.75, 3.05) is 5.32 Å². The summed E-state index contributed by atoms with van der Waals surface area (Å²) in [5, 5.41) is 26.8. The molecule has 0 unspecified atom stereocenters. The van der Waals surface area contributed by atoms with E-state index in [9.17, 15) is 9.90 Å². The van der Waals surface area contributed by atoms with Crippen molar-refractivity contribution in [3.05, 3.63) is 35.6 Å². The summed E-state index contributed by atoms with van der Waals surface area (Å²) in [5.74, 6) is 0.958. The second-order valence-electron chi connectivity index (χ2n) is 9.46. The van der Waals surface area contributed by atoms with Gasteiger partial charge in [-0.2, -0.15) is 5.10 Å². The topological polar surface area (TPSA) is 121 Å². The largest absolute Gasteiger partial charge is 0.481 e. The minimum Gasteiger partial charge on any atom is -0.481 e. The molecule has 3 N–H and O–H groups in total. The van der Waals surface area contributed by atoms with Crippen LogP contribution in [0, 0.1) is 23.2 Å². The Morgan fingerprint density at radius 2 is 2.25 bits per heavy atom. The van der Waals surface area contributed by atoms with Crippen molar-refractivity contribution in [2.45, 2.75) is 31.7 Å². The van der Waals surface area contributed by atoms with Gasteiger partial charge in [0.2, 0.25) is 5.82 Å². The number of hydrogen-bond donors (Lipinski definition) is 3. The van der Waals surface area contributed by atoms with Crippen LogP contribution in [0.2, 0.25) is 5.02 Å². The van der Waals surface area contributed by atoms with Crippen LogP contribution in [-0.2, 0) is 4.79 Å². The summed E-state index contributed by atoms with van der Waals surface area (Å²) in [7, 11) is 0. The van der Waals surface area contributed by atoms with Gasteiger partial charge in [0.1, 0.15) is 11.2 Å². The minimum absolute atomic E-state index is 0.0565. The molecule has 3 atom stereocenters. The van der Waals surface area contributed by atoms with Gasteiger partial charge in [0, 0.05) is 18.4 Å². The van der Waals surface area contributed by atoms with Crippen molar-refractivity contribution >= 4 is 39.9 Å². The standard InChI is InChI=1S/C22H20ClN7O2/c23-11-6-13-17(27-28-18(13)24-9-11)20-26-19(14-2-1-5-30(14)29-20)25-16-12-3-4-22(7-10(12)8-22)15(16)21(31)32/h1-2,5-6,9-10,12,15-16H,3-4,7-8H2,(H,31,32)(H,24,27,28)(H,25,26,29)/t10?,12-,15+,16+,22?/m1/s1. The molecule has 0 aromatic carbocycles. The number of carbonyl (C=O) groups is 1. The first kappa shape index (κ1) is 18.4. The molecule has 3 bridgehead atoms. The molecule has 4 heterocycles. The van der Waals surface area contributed by atoms with Crippen LogP contribution in [0.4, 0.5) is 5.82 Å². The fraction of sp³-hybridized carbons (Fsp3) is 0.409. The predicted octanol–water partition coefficient (Wildman–Crippen LogP) is 3.62. The number of carboxylic acids is 1. The third-order valence-electron chi connectivity index (χ3n) is 7.96. The van der Waals surface area contributed by atoms with E-state index in [-0.39, 0.29) is 11.5 Å². The summed E-state index contributed by atoms with van der Waals surface area (Å²) in [5.41, 5.74) is 1.91. The molecule has 1 spiro atoms. The van der Waals surface area contributed by atoms with Gasteiger partial charge in [-0.25, -0.2) is 14.5 Å². The smallest absolute Gasteiger partial charge is 0.309 e. The molecule has 6 aliphatic rings. The van der Waals surface area contributed by atoms with E-state index in [0.717, 1.165) is 36.6 Å². The van der Waals surface area contributed by atoms with Gasteiger partial charge in [-0.1, -0.05) is 11.6 Å². The van der Waals surface area contributed by atoms with Crippen molar-refractivity contribution in [1.29, 1.82) is 0 Å². The Balaban J connectivity index is 1.34. The van der Waals surface area contributed by atoms with Gasteiger partial charge in [-0.05, 0) is 61.1 Å². The first-order chi connectivity index (χ1) is 15.5. The molecule has 6 saturated carbocycles. The molecule has 10 heteroatoms. The number of anilines is 1. The molecule has 162 valence electrons. The second kappa shape index (κ2) is 6.19. The number of hydrogen-bond acceptors (Lipinski definition) is 6. The van der Waals surface area contributed by atoms with Crippen molar-refractivity contribution in [1.82, 2.24) is 29.8 Å². The van der Waals surface area contributed by atoms with Gasteiger partial charge in [0.25, 0.3) is 0 Å². The lowest BCUT2D eigenvalue weighted by atomic mass is 9.38. The number of carboxylic acid groups (broad SMARTS) is 1. The molecule has 32 heavy (non-hydrogen) atoms. The molecular weight excluding hydrogens is 430 g/mol. The van der Waals surface area contributed by atoms with E-state index in [1.165, 1.54) is 0 Å². The second-order valence-corrected chi connectivity index (χ2v) is 9.90. The van der Waals surface area contributed by atoms with Crippen molar-refractivity contribution in [3.63, 3.8) is 0 Å².